The lowest BCUT2D eigenvalue weighted by atomic mass is 10.1. The van der Waals surface area contributed by atoms with Crippen molar-refractivity contribution in [3.05, 3.63) is 35.7 Å². The third-order valence-corrected chi connectivity index (χ3v) is 4.85. The second kappa shape index (κ2) is 8.28. The maximum Gasteiger partial charge on any atom is 0.249 e. The zero-order chi connectivity index (χ0) is 17.6. The molecule has 3 rings (SSSR count). The van der Waals surface area contributed by atoms with Crippen LogP contribution in [0.15, 0.2) is 28.8 Å². The van der Waals surface area contributed by atoms with E-state index in [0.717, 1.165) is 37.8 Å². The highest BCUT2D eigenvalue weighted by Gasteiger charge is 2.33. The van der Waals surface area contributed by atoms with Crippen LogP contribution in [0.1, 0.15) is 69.4 Å². The fourth-order valence-electron chi connectivity index (χ4n) is 3.36. The van der Waals surface area contributed by atoms with Crippen LogP contribution in [-0.4, -0.2) is 27.5 Å². The average Bonchev–Trinajstić information content (AvgIpc) is 3.28. The predicted octanol–water partition coefficient (Wildman–Crippen LogP) is 4.68. The highest BCUT2D eigenvalue weighted by Crippen LogP contribution is 2.32. The normalized spacial score (nSPS) is 17.2. The number of hydrogen-bond donors (Lipinski definition) is 0. The van der Waals surface area contributed by atoms with E-state index in [1.54, 1.807) is 0 Å². The number of rotatable bonds is 7. The Bertz CT molecular complexity index is 693. The number of aryl methyl sites for hydroxylation is 1. The molecule has 134 valence electrons. The summed E-state index contributed by atoms with van der Waals surface area (Å²) in [4.78, 5) is 19.0. The second-order valence-corrected chi connectivity index (χ2v) is 6.88. The van der Waals surface area contributed by atoms with Crippen LogP contribution in [0, 0.1) is 6.92 Å². The largest absolute Gasteiger partial charge is 0.337 e. The van der Waals surface area contributed by atoms with Crippen LogP contribution in [-0.2, 0) is 4.79 Å². The Morgan fingerprint density at radius 3 is 2.80 bits per heavy atom. The topological polar surface area (TPSA) is 59.2 Å². The Labute approximate surface area is 149 Å². The van der Waals surface area contributed by atoms with Crippen molar-refractivity contribution in [1.29, 1.82) is 0 Å². The molecular formula is C20H27N3O2. The summed E-state index contributed by atoms with van der Waals surface area (Å²) in [5, 5.41) is 4.12. The first-order valence-electron chi connectivity index (χ1n) is 9.39. The molecule has 0 radical (unpaired) electrons. The maximum atomic E-state index is 12.5. The zero-order valence-corrected chi connectivity index (χ0v) is 15.2. The number of carbonyl (C=O) groups is 1. The molecule has 0 aliphatic carbocycles. The molecule has 1 atom stereocenters. The van der Waals surface area contributed by atoms with E-state index in [9.17, 15) is 4.79 Å². The van der Waals surface area contributed by atoms with E-state index in [2.05, 4.69) is 17.1 Å². The van der Waals surface area contributed by atoms with E-state index < -0.39 is 0 Å². The number of hydrogen-bond acceptors (Lipinski definition) is 4. The summed E-state index contributed by atoms with van der Waals surface area (Å²) in [6, 6.07) is 8.00. The van der Waals surface area contributed by atoms with Crippen molar-refractivity contribution in [2.45, 2.75) is 64.8 Å². The molecule has 0 saturated carbocycles. The first kappa shape index (κ1) is 17.6. The number of nitrogens with zero attached hydrogens (tertiary/aromatic N) is 3. The molecule has 5 heteroatoms. The molecule has 0 unspecified atom stereocenters. The molecule has 1 aliphatic heterocycles. The summed E-state index contributed by atoms with van der Waals surface area (Å²) >= 11 is 0. The molecule has 2 aromatic rings. The molecule has 1 aromatic carbocycles. The van der Waals surface area contributed by atoms with Crippen LogP contribution >= 0.6 is 0 Å². The van der Waals surface area contributed by atoms with Crippen molar-refractivity contribution in [2.24, 2.45) is 0 Å². The number of benzene rings is 1. The van der Waals surface area contributed by atoms with Gasteiger partial charge < -0.3 is 9.42 Å². The first-order chi connectivity index (χ1) is 12.2. The van der Waals surface area contributed by atoms with Gasteiger partial charge in [0.15, 0.2) is 0 Å². The van der Waals surface area contributed by atoms with Gasteiger partial charge in [0.2, 0.25) is 17.6 Å². The van der Waals surface area contributed by atoms with Gasteiger partial charge in [-0.25, -0.2) is 0 Å². The van der Waals surface area contributed by atoms with Gasteiger partial charge in [0.25, 0.3) is 0 Å². The minimum atomic E-state index is -0.0645. The third kappa shape index (κ3) is 4.27. The Kier molecular flexibility index (Phi) is 5.84. The van der Waals surface area contributed by atoms with Gasteiger partial charge in [0, 0.05) is 18.5 Å². The molecule has 1 amide bonds. The van der Waals surface area contributed by atoms with Gasteiger partial charge in [-0.15, -0.1) is 0 Å². The number of aromatic nitrogens is 2. The molecule has 1 aromatic heterocycles. The summed E-state index contributed by atoms with van der Waals surface area (Å²) in [5.74, 6) is 1.38. The van der Waals surface area contributed by atoms with Crippen molar-refractivity contribution in [2.75, 3.05) is 6.54 Å². The molecule has 25 heavy (non-hydrogen) atoms. The van der Waals surface area contributed by atoms with E-state index in [4.69, 9.17) is 4.52 Å². The van der Waals surface area contributed by atoms with Crippen molar-refractivity contribution in [3.63, 3.8) is 0 Å². The lowest BCUT2D eigenvalue weighted by molar-refractivity contribution is -0.132. The fourth-order valence-corrected chi connectivity index (χ4v) is 3.36. The Balaban J connectivity index is 1.66. The number of carbonyl (C=O) groups excluding carboxylic acids is 1. The molecule has 0 N–H and O–H groups in total. The number of unbranched alkanes of at least 4 members (excludes halogenated alkanes) is 3. The lowest BCUT2D eigenvalue weighted by Crippen LogP contribution is -2.30. The molecule has 0 spiro atoms. The number of amides is 1. The van der Waals surface area contributed by atoms with Gasteiger partial charge in [-0.1, -0.05) is 61.2 Å². The first-order valence-corrected chi connectivity index (χ1v) is 9.39. The van der Waals surface area contributed by atoms with Crippen LogP contribution < -0.4 is 0 Å². The van der Waals surface area contributed by atoms with E-state index in [-0.39, 0.29) is 11.9 Å². The monoisotopic (exact) mass is 341 g/mol. The van der Waals surface area contributed by atoms with Crippen molar-refractivity contribution in [1.82, 2.24) is 15.0 Å². The van der Waals surface area contributed by atoms with Crippen LogP contribution in [0.25, 0.3) is 11.4 Å². The summed E-state index contributed by atoms with van der Waals surface area (Å²) in [5.41, 5.74) is 2.14. The highest BCUT2D eigenvalue weighted by atomic mass is 16.5. The molecule has 2 heterocycles. The molecule has 0 bridgehead atoms. The van der Waals surface area contributed by atoms with Gasteiger partial charge >= 0.3 is 0 Å². The zero-order valence-electron chi connectivity index (χ0n) is 15.2. The molecule has 1 saturated heterocycles. The van der Waals surface area contributed by atoms with E-state index in [1.807, 2.05) is 36.1 Å². The second-order valence-electron chi connectivity index (χ2n) is 6.88. The average molecular weight is 341 g/mol. The lowest BCUT2D eigenvalue weighted by Gasteiger charge is -2.21. The van der Waals surface area contributed by atoms with E-state index in [0.29, 0.717) is 18.1 Å². The van der Waals surface area contributed by atoms with Crippen LogP contribution in [0.5, 0.6) is 0 Å². The molecule has 1 fully saturated rings. The van der Waals surface area contributed by atoms with Crippen molar-refractivity contribution >= 4 is 5.91 Å². The number of likely N-dealkylation sites (tertiary alicyclic amines) is 1. The SMILES string of the molecule is CCCCCCC(=O)N1CCC[C@@H]1c1nc(-c2ccc(C)cc2)no1. The van der Waals surface area contributed by atoms with Gasteiger partial charge in [0.1, 0.15) is 6.04 Å². The quantitative estimate of drug-likeness (QED) is 0.686. The third-order valence-electron chi connectivity index (χ3n) is 4.85. The smallest absolute Gasteiger partial charge is 0.249 e. The minimum absolute atomic E-state index is 0.0645. The standard InChI is InChI=1S/C20H27N3O2/c1-3-4-5-6-9-18(24)23-14-7-8-17(23)20-21-19(22-25-20)16-12-10-15(2)11-13-16/h10-13,17H,3-9,14H2,1-2H3/t17-/m1/s1. The van der Waals surface area contributed by atoms with Gasteiger partial charge in [0.05, 0.1) is 0 Å². The predicted molar refractivity (Wildman–Crippen MR) is 96.9 cm³/mol. The van der Waals surface area contributed by atoms with Gasteiger partial charge in [-0.3, -0.25) is 4.79 Å². The summed E-state index contributed by atoms with van der Waals surface area (Å²) in [6.45, 7) is 5.02. The van der Waals surface area contributed by atoms with Crippen molar-refractivity contribution < 1.29 is 9.32 Å². The highest BCUT2D eigenvalue weighted by molar-refractivity contribution is 5.76. The van der Waals surface area contributed by atoms with E-state index >= 15 is 0 Å². The van der Waals surface area contributed by atoms with Gasteiger partial charge in [-0.05, 0) is 26.2 Å². The molecule has 1 aliphatic rings. The minimum Gasteiger partial charge on any atom is -0.337 e. The summed E-state index contributed by atoms with van der Waals surface area (Å²) < 4.78 is 5.50. The fraction of sp³-hybridized carbons (Fsp3) is 0.550. The molecule has 5 nitrogen and oxygen atoms in total. The van der Waals surface area contributed by atoms with Crippen LogP contribution in [0.4, 0.5) is 0 Å². The summed E-state index contributed by atoms with van der Waals surface area (Å²) in [6.07, 6.45) is 6.98. The Morgan fingerprint density at radius 2 is 2.04 bits per heavy atom. The van der Waals surface area contributed by atoms with Gasteiger partial charge in [-0.2, -0.15) is 4.98 Å². The van der Waals surface area contributed by atoms with E-state index in [1.165, 1.54) is 18.4 Å². The summed E-state index contributed by atoms with van der Waals surface area (Å²) in [7, 11) is 0. The maximum absolute atomic E-state index is 12.5. The van der Waals surface area contributed by atoms with Crippen LogP contribution in [0.2, 0.25) is 0 Å². The van der Waals surface area contributed by atoms with Crippen molar-refractivity contribution in [3.8, 4) is 11.4 Å². The Morgan fingerprint density at radius 1 is 1.24 bits per heavy atom. The molecular weight excluding hydrogens is 314 g/mol. The van der Waals surface area contributed by atoms with Crippen LogP contribution in [0.3, 0.4) is 0 Å². The Hall–Kier alpha value is -2.17.